The average Bonchev–Trinajstić information content (AvgIpc) is 2.12. The molecule has 0 atom stereocenters. The van der Waals surface area contributed by atoms with Gasteiger partial charge in [-0.1, -0.05) is 22.4 Å². The molecule has 0 aromatic heterocycles. The SMILES string of the molecule is CSCC(=O)N(C)CCCCCBr. The second kappa shape index (κ2) is 8.88. The van der Waals surface area contributed by atoms with Gasteiger partial charge in [0.15, 0.2) is 0 Å². The van der Waals surface area contributed by atoms with Crippen LogP contribution >= 0.6 is 27.7 Å². The van der Waals surface area contributed by atoms with E-state index >= 15 is 0 Å². The normalized spacial score (nSPS) is 10.1. The molecule has 78 valence electrons. The second-order valence-electron chi connectivity index (χ2n) is 3.00. The van der Waals surface area contributed by atoms with Gasteiger partial charge in [0, 0.05) is 18.9 Å². The number of hydrogen-bond acceptors (Lipinski definition) is 2. The van der Waals surface area contributed by atoms with Gasteiger partial charge in [0.2, 0.25) is 5.91 Å². The largest absolute Gasteiger partial charge is 0.345 e. The summed E-state index contributed by atoms with van der Waals surface area (Å²) in [5.74, 6) is 0.848. The van der Waals surface area contributed by atoms with Crippen molar-refractivity contribution in [3.8, 4) is 0 Å². The van der Waals surface area contributed by atoms with Crippen LogP contribution in [0.1, 0.15) is 19.3 Å². The van der Waals surface area contributed by atoms with Gasteiger partial charge in [-0.25, -0.2) is 0 Å². The molecule has 0 saturated heterocycles. The van der Waals surface area contributed by atoms with E-state index in [1.165, 1.54) is 12.8 Å². The molecule has 1 amide bonds. The van der Waals surface area contributed by atoms with E-state index in [0.29, 0.717) is 5.75 Å². The number of thioether (sulfide) groups is 1. The van der Waals surface area contributed by atoms with E-state index in [9.17, 15) is 4.79 Å². The number of halogens is 1. The third kappa shape index (κ3) is 7.38. The minimum atomic E-state index is 0.242. The lowest BCUT2D eigenvalue weighted by Gasteiger charge is -2.16. The van der Waals surface area contributed by atoms with Crippen LogP contribution in [0.4, 0.5) is 0 Å². The van der Waals surface area contributed by atoms with E-state index < -0.39 is 0 Å². The van der Waals surface area contributed by atoms with E-state index in [4.69, 9.17) is 0 Å². The first-order valence-corrected chi connectivity index (χ1v) is 7.02. The molecule has 0 aliphatic rings. The molecule has 4 heteroatoms. The Kier molecular flexibility index (Phi) is 9.08. The van der Waals surface area contributed by atoms with Crippen LogP contribution in [0.3, 0.4) is 0 Å². The summed E-state index contributed by atoms with van der Waals surface area (Å²) in [7, 11) is 1.88. The molecule has 0 rings (SSSR count). The Morgan fingerprint density at radius 2 is 2.08 bits per heavy atom. The molecule has 0 unspecified atom stereocenters. The van der Waals surface area contributed by atoms with Crippen LogP contribution in [0.25, 0.3) is 0 Å². The number of unbranched alkanes of at least 4 members (excludes halogenated alkanes) is 2. The molecule has 0 heterocycles. The van der Waals surface area contributed by atoms with Gasteiger partial charge in [0.25, 0.3) is 0 Å². The molecule has 0 aliphatic carbocycles. The van der Waals surface area contributed by atoms with Crippen LogP contribution < -0.4 is 0 Å². The molecule has 0 N–H and O–H groups in total. The number of rotatable bonds is 7. The summed E-state index contributed by atoms with van der Waals surface area (Å²) < 4.78 is 0. The van der Waals surface area contributed by atoms with Gasteiger partial charge < -0.3 is 4.90 Å². The van der Waals surface area contributed by atoms with Crippen LogP contribution in [0.2, 0.25) is 0 Å². The van der Waals surface area contributed by atoms with Crippen molar-refractivity contribution in [1.29, 1.82) is 0 Å². The lowest BCUT2D eigenvalue weighted by molar-refractivity contribution is -0.127. The van der Waals surface area contributed by atoms with Gasteiger partial charge in [-0.05, 0) is 19.1 Å². The first-order chi connectivity index (χ1) is 6.22. The summed E-state index contributed by atoms with van der Waals surface area (Å²) in [6.45, 7) is 0.895. The maximum Gasteiger partial charge on any atom is 0.232 e. The van der Waals surface area contributed by atoms with Gasteiger partial charge in [-0.15, -0.1) is 0 Å². The molecule has 13 heavy (non-hydrogen) atoms. The minimum Gasteiger partial charge on any atom is -0.345 e. The summed E-state index contributed by atoms with van der Waals surface area (Å²) in [6, 6.07) is 0. The summed E-state index contributed by atoms with van der Waals surface area (Å²) in [6.07, 6.45) is 5.46. The molecule has 0 fully saturated rings. The highest BCUT2D eigenvalue weighted by Crippen LogP contribution is 2.01. The number of carbonyl (C=O) groups excluding carboxylic acids is 1. The zero-order valence-electron chi connectivity index (χ0n) is 8.38. The molecule has 0 aromatic rings. The first kappa shape index (κ1) is 13.3. The molecular weight excluding hydrogens is 250 g/mol. The van der Waals surface area contributed by atoms with E-state index in [-0.39, 0.29) is 5.91 Å². The van der Waals surface area contributed by atoms with E-state index in [0.717, 1.165) is 18.3 Å². The van der Waals surface area contributed by atoms with Crippen molar-refractivity contribution in [2.24, 2.45) is 0 Å². The number of alkyl halides is 1. The average molecular weight is 268 g/mol. The van der Waals surface area contributed by atoms with Crippen LogP contribution in [0.15, 0.2) is 0 Å². The minimum absolute atomic E-state index is 0.242. The topological polar surface area (TPSA) is 20.3 Å². The van der Waals surface area contributed by atoms with Crippen molar-refractivity contribution in [1.82, 2.24) is 4.90 Å². The van der Waals surface area contributed by atoms with Crippen molar-refractivity contribution in [3.05, 3.63) is 0 Å². The molecule has 0 bridgehead atoms. The lowest BCUT2D eigenvalue weighted by atomic mass is 10.2. The van der Waals surface area contributed by atoms with Crippen LogP contribution in [0.5, 0.6) is 0 Å². The standard InChI is InChI=1S/C9H18BrNOS/c1-11(9(12)8-13-2)7-5-3-4-6-10/h3-8H2,1-2H3. The number of hydrogen-bond donors (Lipinski definition) is 0. The summed E-state index contributed by atoms with van der Waals surface area (Å²) in [5, 5.41) is 1.06. The van der Waals surface area contributed by atoms with Gasteiger partial charge >= 0.3 is 0 Å². The Morgan fingerprint density at radius 1 is 1.38 bits per heavy atom. The third-order valence-electron chi connectivity index (χ3n) is 1.82. The van der Waals surface area contributed by atoms with E-state index in [2.05, 4.69) is 15.9 Å². The fourth-order valence-electron chi connectivity index (χ4n) is 0.979. The first-order valence-electron chi connectivity index (χ1n) is 4.51. The Labute approximate surface area is 93.6 Å². The summed E-state index contributed by atoms with van der Waals surface area (Å²) >= 11 is 4.97. The fraction of sp³-hybridized carbons (Fsp3) is 0.889. The number of amides is 1. The van der Waals surface area contributed by atoms with Gasteiger partial charge in [0.05, 0.1) is 5.75 Å². The Hall–Kier alpha value is 0.300. The fourth-order valence-corrected chi connectivity index (χ4v) is 1.84. The Bertz CT molecular complexity index is 144. The zero-order chi connectivity index (χ0) is 10.1. The van der Waals surface area contributed by atoms with Crippen LogP contribution in [0, 0.1) is 0 Å². The highest BCUT2D eigenvalue weighted by Gasteiger charge is 2.05. The maximum absolute atomic E-state index is 11.3. The Balaban J connectivity index is 3.38. The van der Waals surface area contributed by atoms with Crippen LogP contribution in [-0.4, -0.2) is 41.7 Å². The van der Waals surface area contributed by atoms with Gasteiger partial charge in [0.1, 0.15) is 0 Å². The van der Waals surface area contributed by atoms with Crippen molar-refractivity contribution >= 4 is 33.6 Å². The van der Waals surface area contributed by atoms with Gasteiger partial charge in [-0.3, -0.25) is 4.79 Å². The monoisotopic (exact) mass is 267 g/mol. The molecule has 0 aliphatic heterocycles. The predicted octanol–water partition coefficient (Wildman–Crippen LogP) is 2.37. The quantitative estimate of drug-likeness (QED) is 0.522. The molecule has 0 spiro atoms. The van der Waals surface area contributed by atoms with E-state index in [1.807, 2.05) is 18.2 Å². The maximum atomic E-state index is 11.3. The summed E-state index contributed by atoms with van der Waals surface area (Å²) in [4.78, 5) is 13.1. The number of carbonyl (C=O) groups is 1. The molecule has 0 radical (unpaired) electrons. The molecular formula is C9H18BrNOS. The van der Waals surface area contributed by atoms with Crippen molar-refractivity contribution in [3.63, 3.8) is 0 Å². The van der Waals surface area contributed by atoms with E-state index in [1.54, 1.807) is 11.8 Å². The third-order valence-corrected chi connectivity index (χ3v) is 2.92. The second-order valence-corrected chi connectivity index (χ2v) is 4.66. The molecule has 0 aromatic carbocycles. The Morgan fingerprint density at radius 3 is 2.62 bits per heavy atom. The number of nitrogens with zero attached hydrogens (tertiary/aromatic N) is 1. The highest BCUT2D eigenvalue weighted by atomic mass is 79.9. The predicted molar refractivity (Wildman–Crippen MR) is 63.7 cm³/mol. The van der Waals surface area contributed by atoms with Crippen molar-refractivity contribution in [2.45, 2.75) is 19.3 Å². The lowest BCUT2D eigenvalue weighted by Crippen LogP contribution is -2.29. The highest BCUT2D eigenvalue weighted by molar-refractivity contribution is 9.09. The smallest absolute Gasteiger partial charge is 0.232 e. The van der Waals surface area contributed by atoms with Crippen molar-refractivity contribution in [2.75, 3.05) is 30.9 Å². The molecule has 0 saturated carbocycles. The molecule has 2 nitrogen and oxygen atoms in total. The van der Waals surface area contributed by atoms with Crippen molar-refractivity contribution < 1.29 is 4.79 Å². The summed E-state index contributed by atoms with van der Waals surface area (Å²) in [5.41, 5.74) is 0. The van der Waals surface area contributed by atoms with Gasteiger partial charge in [-0.2, -0.15) is 11.8 Å². The zero-order valence-corrected chi connectivity index (χ0v) is 10.8. The van der Waals surface area contributed by atoms with Crippen LogP contribution in [-0.2, 0) is 4.79 Å².